The van der Waals surface area contributed by atoms with Gasteiger partial charge in [-0.05, 0) is 56.2 Å². The Morgan fingerprint density at radius 3 is 2.72 bits per heavy atom. The number of rotatable bonds is 4. The topological polar surface area (TPSA) is 88.1 Å². The minimum atomic E-state index is -3.67. The Morgan fingerprint density at radius 2 is 1.97 bits per heavy atom. The molecule has 1 unspecified atom stereocenters. The Labute approximate surface area is 170 Å². The Morgan fingerprint density at radius 1 is 1.21 bits per heavy atom. The van der Waals surface area contributed by atoms with E-state index in [0.717, 1.165) is 18.6 Å². The zero-order valence-electron chi connectivity index (χ0n) is 16.2. The molecule has 2 aromatic carbocycles. The van der Waals surface area contributed by atoms with Crippen molar-refractivity contribution in [3.05, 3.63) is 54.1 Å². The number of amides is 1. The van der Waals surface area contributed by atoms with Crippen molar-refractivity contribution in [2.24, 2.45) is 10.3 Å². The number of nitrogens with zero attached hydrogens (tertiary/aromatic N) is 2. The summed E-state index contributed by atoms with van der Waals surface area (Å²) in [5.41, 5.74) is 1.32. The first-order valence-electron chi connectivity index (χ1n) is 9.71. The number of ether oxygens (including phenoxy) is 1. The van der Waals surface area contributed by atoms with Crippen LogP contribution >= 0.6 is 0 Å². The fourth-order valence-electron chi connectivity index (χ4n) is 3.75. The molecule has 0 spiro atoms. The van der Waals surface area contributed by atoms with Crippen molar-refractivity contribution in [2.45, 2.75) is 24.7 Å². The molecule has 0 aliphatic carbocycles. The van der Waals surface area contributed by atoms with Crippen LogP contribution in [0.15, 0.2) is 57.8 Å². The van der Waals surface area contributed by atoms with Gasteiger partial charge >= 0.3 is 0 Å². The van der Waals surface area contributed by atoms with Crippen LogP contribution in [-0.4, -0.2) is 44.8 Å². The van der Waals surface area contributed by atoms with E-state index in [9.17, 15) is 13.2 Å². The minimum absolute atomic E-state index is 0.0754. The zero-order valence-corrected chi connectivity index (χ0v) is 17.0. The van der Waals surface area contributed by atoms with Gasteiger partial charge in [0.15, 0.2) is 5.84 Å². The van der Waals surface area contributed by atoms with E-state index in [2.05, 4.69) is 9.71 Å². The third kappa shape index (κ3) is 3.98. The van der Waals surface area contributed by atoms with E-state index < -0.39 is 10.0 Å². The lowest BCUT2D eigenvalue weighted by molar-refractivity contribution is -0.121. The number of nitrogens with one attached hydrogen (secondary N) is 1. The van der Waals surface area contributed by atoms with Gasteiger partial charge in [-0.15, -0.1) is 4.40 Å². The highest BCUT2D eigenvalue weighted by molar-refractivity contribution is 7.90. The van der Waals surface area contributed by atoms with Crippen molar-refractivity contribution in [3.8, 4) is 5.75 Å². The minimum Gasteiger partial charge on any atom is -0.494 e. The Hall–Kier alpha value is -2.87. The third-order valence-electron chi connectivity index (χ3n) is 5.14. The molecule has 1 saturated heterocycles. The molecule has 7 nitrogen and oxygen atoms in total. The van der Waals surface area contributed by atoms with Crippen LogP contribution in [0.25, 0.3) is 0 Å². The molecule has 2 aliphatic heterocycles. The van der Waals surface area contributed by atoms with E-state index in [-0.39, 0.29) is 16.7 Å². The number of carbonyl (C=O) groups excluding carboxylic acids is 1. The molecule has 8 heteroatoms. The van der Waals surface area contributed by atoms with Crippen LogP contribution in [0.5, 0.6) is 5.75 Å². The summed E-state index contributed by atoms with van der Waals surface area (Å²) in [5.74, 6) is 0.884. The van der Waals surface area contributed by atoms with Crippen LogP contribution in [-0.2, 0) is 14.8 Å². The molecule has 0 saturated carbocycles. The van der Waals surface area contributed by atoms with Gasteiger partial charge in [-0.2, -0.15) is 8.42 Å². The van der Waals surface area contributed by atoms with Gasteiger partial charge < -0.3 is 15.0 Å². The summed E-state index contributed by atoms with van der Waals surface area (Å²) in [6.45, 7) is 3.62. The summed E-state index contributed by atoms with van der Waals surface area (Å²) >= 11 is 0. The maximum Gasteiger partial charge on any atom is 0.285 e. The number of hydrogen-bond donors (Lipinski definition) is 1. The first-order valence-corrected chi connectivity index (χ1v) is 11.1. The summed E-state index contributed by atoms with van der Waals surface area (Å²) in [6.07, 6.45) is 1.55. The number of amidine groups is 1. The van der Waals surface area contributed by atoms with Gasteiger partial charge in [0.1, 0.15) is 10.6 Å². The molecule has 2 aliphatic rings. The molecule has 0 bridgehead atoms. The second-order valence-electron chi connectivity index (χ2n) is 7.12. The van der Waals surface area contributed by atoms with Gasteiger partial charge in [-0.1, -0.05) is 12.1 Å². The van der Waals surface area contributed by atoms with E-state index in [4.69, 9.17) is 4.74 Å². The number of piperidine rings is 1. The second-order valence-corrected chi connectivity index (χ2v) is 8.69. The average Bonchev–Trinajstić information content (AvgIpc) is 3.01. The number of sulfonamides is 1. The van der Waals surface area contributed by atoms with E-state index in [1.807, 2.05) is 36.1 Å². The fourth-order valence-corrected chi connectivity index (χ4v) is 4.97. The normalized spacial score (nSPS) is 20.0. The van der Waals surface area contributed by atoms with Crippen LogP contribution in [0.3, 0.4) is 0 Å². The van der Waals surface area contributed by atoms with Crippen molar-refractivity contribution < 1.29 is 17.9 Å². The molecule has 4 rings (SSSR count). The fraction of sp³-hybridized carbons (Fsp3) is 0.333. The Balaban J connectivity index is 1.47. The SMILES string of the molecule is CCOc1ccc(NC(=O)C2CCCN(C3=NS(=O)(=O)c4ccccc43)C2)cc1. The first-order chi connectivity index (χ1) is 14.0. The molecule has 1 atom stereocenters. The number of hydrogen-bond acceptors (Lipinski definition) is 5. The molecule has 0 radical (unpaired) electrons. The van der Waals surface area contributed by atoms with Crippen LogP contribution in [0.4, 0.5) is 5.69 Å². The summed E-state index contributed by atoms with van der Waals surface area (Å²) in [7, 11) is -3.67. The number of anilines is 1. The maximum absolute atomic E-state index is 12.8. The molecular formula is C21H23N3O4S. The Bertz CT molecular complexity index is 1050. The predicted molar refractivity (Wildman–Crippen MR) is 111 cm³/mol. The predicted octanol–water partition coefficient (Wildman–Crippen LogP) is 2.88. The molecular weight excluding hydrogens is 390 g/mol. The standard InChI is InChI=1S/C21H23N3O4S/c1-2-28-17-11-9-16(10-12-17)22-21(25)15-6-5-13-24(14-15)20-18-7-3-4-8-19(18)29(26,27)23-20/h3-4,7-12,15H,2,5-6,13-14H2,1H3,(H,22,25). The summed E-state index contributed by atoms with van der Waals surface area (Å²) in [5, 5.41) is 2.95. The van der Waals surface area contributed by atoms with E-state index >= 15 is 0 Å². The van der Waals surface area contributed by atoms with E-state index in [0.29, 0.717) is 36.8 Å². The first kappa shape index (κ1) is 19.4. The summed E-state index contributed by atoms with van der Waals surface area (Å²) in [6, 6.07) is 14.1. The van der Waals surface area contributed by atoms with Gasteiger partial charge in [0.25, 0.3) is 10.0 Å². The number of fused-ring (bicyclic) bond motifs is 1. The average molecular weight is 413 g/mol. The molecule has 1 amide bonds. The monoisotopic (exact) mass is 413 g/mol. The molecule has 152 valence electrons. The maximum atomic E-state index is 12.8. The van der Waals surface area contributed by atoms with Crippen LogP contribution in [0, 0.1) is 5.92 Å². The quantitative estimate of drug-likeness (QED) is 0.833. The molecule has 1 fully saturated rings. The van der Waals surface area contributed by atoms with Crippen LogP contribution in [0.1, 0.15) is 25.3 Å². The number of benzene rings is 2. The van der Waals surface area contributed by atoms with Gasteiger partial charge in [0.2, 0.25) is 5.91 Å². The van der Waals surface area contributed by atoms with Crippen molar-refractivity contribution >= 4 is 27.5 Å². The molecule has 0 aromatic heterocycles. The zero-order chi connectivity index (χ0) is 20.4. The van der Waals surface area contributed by atoms with Crippen LogP contribution < -0.4 is 10.1 Å². The van der Waals surface area contributed by atoms with Crippen molar-refractivity contribution in [2.75, 3.05) is 25.0 Å². The highest BCUT2D eigenvalue weighted by Crippen LogP contribution is 2.30. The lowest BCUT2D eigenvalue weighted by Gasteiger charge is -2.33. The highest BCUT2D eigenvalue weighted by atomic mass is 32.2. The lowest BCUT2D eigenvalue weighted by Crippen LogP contribution is -2.43. The van der Waals surface area contributed by atoms with Gasteiger partial charge in [0, 0.05) is 24.3 Å². The highest BCUT2D eigenvalue weighted by Gasteiger charge is 2.35. The third-order valence-corrected chi connectivity index (χ3v) is 6.46. The van der Waals surface area contributed by atoms with Gasteiger partial charge in [0.05, 0.1) is 12.5 Å². The summed E-state index contributed by atoms with van der Waals surface area (Å²) < 4.78 is 34.1. The summed E-state index contributed by atoms with van der Waals surface area (Å²) in [4.78, 5) is 14.9. The van der Waals surface area contributed by atoms with Crippen molar-refractivity contribution in [1.82, 2.24) is 4.90 Å². The lowest BCUT2D eigenvalue weighted by atomic mass is 9.96. The van der Waals surface area contributed by atoms with Crippen molar-refractivity contribution in [1.29, 1.82) is 0 Å². The van der Waals surface area contributed by atoms with Gasteiger partial charge in [-0.3, -0.25) is 4.79 Å². The molecule has 2 heterocycles. The molecule has 1 N–H and O–H groups in total. The van der Waals surface area contributed by atoms with Crippen LogP contribution in [0.2, 0.25) is 0 Å². The molecule has 2 aromatic rings. The van der Waals surface area contributed by atoms with E-state index in [1.54, 1.807) is 24.3 Å². The largest absolute Gasteiger partial charge is 0.494 e. The van der Waals surface area contributed by atoms with E-state index in [1.165, 1.54) is 0 Å². The van der Waals surface area contributed by atoms with Crippen molar-refractivity contribution in [3.63, 3.8) is 0 Å². The second kappa shape index (κ2) is 7.87. The number of likely N-dealkylation sites (tertiary alicyclic amines) is 1. The van der Waals surface area contributed by atoms with Gasteiger partial charge in [-0.25, -0.2) is 0 Å². The molecule has 29 heavy (non-hydrogen) atoms. The smallest absolute Gasteiger partial charge is 0.285 e. The number of carbonyl (C=O) groups is 1. The Kier molecular flexibility index (Phi) is 5.27.